The Balaban J connectivity index is 1.20. The average molecular weight is 427 g/mol. The molecule has 0 aliphatic carbocycles. The molecule has 0 bridgehead atoms. The minimum atomic E-state index is 0.0819. The second kappa shape index (κ2) is 9.92. The van der Waals surface area contributed by atoms with Crippen LogP contribution in [0.1, 0.15) is 24.0 Å². The molecule has 1 fully saturated rings. The van der Waals surface area contributed by atoms with Crippen LogP contribution in [0.5, 0.6) is 23.0 Å². The summed E-state index contributed by atoms with van der Waals surface area (Å²) in [5.74, 6) is 3.29. The smallest absolute Gasteiger partial charge is 0.231 e. The Bertz CT molecular complexity index is 909. The molecular formula is C24H30N2O5. The number of likely N-dealkylation sites (tertiary alicyclic amines) is 1. The summed E-state index contributed by atoms with van der Waals surface area (Å²) in [7, 11) is 3.25. The number of methoxy groups -OCH3 is 2. The highest BCUT2D eigenvalue weighted by atomic mass is 16.7. The number of carbonyl (C=O) groups excluding carboxylic acids is 1. The van der Waals surface area contributed by atoms with Gasteiger partial charge in [0.1, 0.15) is 0 Å². The number of hydrogen-bond acceptors (Lipinski definition) is 6. The van der Waals surface area contributed by atoms with Crippen molar-refractivity contribution >= 4 is 5.91 Å². The summed E-state index contributed by atoms with van der Waals surface area (Å²) in [4.78, 5) is 15.0. The lowest BCUT2D eigenvalue weighted by Gasteiger charge is -2.31. The lowest BCUT2D eigenvalue weighted by molar-refractivity contribution is -0.126. The molecule has 0 radical (unpaired) electrons. The Morgan fingerprint density at radius 1 is 1.00 bits per heavy atom. The highest BCUT2D eigenvalue weighted by molar-refractivity contribution is 5.78. The van der Waals surface area contributed by atoms with E-state index < -0.39 is 0 Å². The Hall–Kier alpha value is -2.93. The molecule has 0 saturated carbocycles. The van der Waals surface area contributed by atoms with Crippen LogP contribution in [0.2, 0.25) is 0 Å². The van der Waals surface area contributed by atoms with Crippen LogP contribution < -0.4 is 24.3 Å². The van der Waals surface area contributed by atoms with E-state index in [0.717, 1.165) is 56.0 Å². The fraction of sp³-hybridized carbons (Fsp3) is 0.458. The molecule has 7 nitrogen and oxygen atoms in total. The van der Waals surface area contributed by atoms with Crippen LogP contribution in [-0.4, -0.2) is 51.5 Å². The highest BCUT2D eigenvalue weighted by Gasteiger charge is 2.25. The zero-order chi connectivity index (χ0) is 21.6. The second-order valence-electron chi connectivity index (χ2n) is 7.97. The third-order valence-electron chi connectivity index (χ3n) is 5.96. The van der Waals surface area contributed by atoms with Crippen LogP contribution in [0.25, 0.3) is 0 Å². The van der Waals surface area contributed by atoms with Crippen LogP contribution in [-0.2, 0) is 17.8 Å². The number of ether oxygens (including phenoxy) is 4. The number of piperidine rings is 1. The van der Waals surface area contributed by atoms with Gasteiger partial charge < -0.3 is 24.3 Å². The number of nitrogens with one attached hydrogen (secondary N) is 1. The van der Waals surface area contributed by atoms with Gasteiger partial charge in [-0.2, -0.15) is 0 Å². The van der Waals surface area contributed by atoms with Gasteiger partial charge in [0.2, 0.25) is 12.7 Å². The van der Waals surface area contributed by atoms with E-state index in [4.69, 9.17) is 18.9 Å². The van der Waals surface area contributed by atoms with Gasteiger partial charge in [0.25, 0.3) is 0 Å². The van der Waals surface area contributed by atoms with Crippen molar-refractivity contribution in [1.82, 2.24) is 10.2 Å². The third kappa shape index (κ3) is 5.22. The molecule has 7 heteroatoms. The first-order valence-corrected chi connectivity index (χ1v) is 10.8. The van der Waals surface area contributed by atoms with E-state index in [1.165, 1.54) is 5.56 Å². The molecule has 0 aromatic heterocycles. The van der Waals surface area contributed by atoms with Gasteiger partial charge in [0.15, 0.2) is 23.0 Å². The van der Waals surface area contributed by atoms with Crippen molar-refractivity contribution in [2.24, 2.45) is 5.92 Å². The molecule has 31 heavy (non-hydrogen) atoms. The Kier molecular flexibility index (Phi) is 6.82. The van der Waals surface area contributed by atoms with E-state index in [1.807, 2.05) is 24.3 Å². The SMILES string of the molecule is COc1ccc(CCNC(=O)C2CCN(Cc3ccc4c(c3)OCO4)CC2)cc1OC. The number of carbonyl (C=O) groups is 1. The molecule has 1 amide bonds. The zero-order valence-corrected chi connectivity index (χ0v) is 18.2. The van der Waals surface area contributed by atoms with E-state index in [1.54, 1.807) is 14.2 Å². The second-order valence-corrected chi connectivity index (χ2v) is 7.97. The van der Waals surface area contributed by atoms with Crippen molar-refractivity contribution in [3.05, 3.63) is 47.5 Å². The molecule has 2 heterocycles. The molecule has 1 N–H and O–H groups in total. The predicted octanol–water partition coefficient (Wildman–Crippen LogP) is 3.00. The highest BCUT2D eigenvalue weighted by Crippen LogP contribution is 2.33. The van der Waals surface area contributed by atoms with Crippen LogP contribution in [0, 0.1) is 5.92 Å². The molecule has 4 rings (SSSR count). The fourth-order valence-corrected chi connectivity index (χ4v) is 4.16. The molecule has 166 valence electrons. The minimum absolute atomic E-state index is 0.0819. The van der Waals surface area contributed by atoms with E-state index in [9.17, 15) is 4.79 Å². The van der Waals surface area contributed by atoms with Gasteiger partial charge in [-0.1, -0.05) is 12.1 Å². The quantitative estimate of drug-likeness (QED) is 0.700. The Morgan fingerprint density at radius 3 is 2.52 bits per heavy atom. The summed E-state index contributed by atoms with van der Waals surface area (Å²) in [6.07, 6.45) is 2.52. The first-order chi connectivity index (χ1) is 15.2. The molecule has 2 aliphatic heterocycles. The van der Waals surface area contributed by atoms with Crippen molar-refractivity contribution in [2.45, 2.75) is 25.8 Å². The van der Waals surface area contributed by atoms with Crippen LogP contribution in [0.4, 0.5) is 0 Å². The number of fused-ring (bicyclic) bond motifs is 1. The maximum Gasteiger partial charge on any atom is 0.231 e. The zero-order valence-electron chi connectivity index (χ0n) is 18.2. The van der Waals surface area contributed by atoms with Gasteiger partial charge >= 0.3 is 0 Å². The molecule has 0 unspecified atom stereocenters. The lowest BCUT2D eigenvalue weighted by atomic mass is 9.95. The van der Waals surface area contributed by atoms with Gasteiger partial charge in [-0.25, -0.2) is 0 Å². The number of hydrogen-bond donors (Lipinski definition) is 1. The first kappa shape index (κ1) is 21.3. The molecule has 0 spiro atoms. The van der Waals surface area contributed by atoms with Crippen molar-refractivity contribution in [3.8, 4) is 23.0 Å². The standard InChI is InChI=1S/C24H30N2O5/c1-28-20-5-3-17(13-22(20)29-2)7-10-25-24(27)19-8-11-26(12-9-19)15-18-4-6-21-23(14-18)31-16-30-21/h3-6,13-14,19H,7-12,15-16H2,1-2H3,(H,25,27). The third-order valence-corrected chi connectivity index (χ3v) is 5.96. The summed E-state index contributed by atoms with van der Waals surface area (Å²) in [6.45, 7) is 3.62. The minimum Gasteiger partial charge on any atom is -0.493 e. The van der Waals surface area contributed by atoms with E-state index in [-0.39, 0.29) is 11.8 Å². The van der Waals surface area contributed by atoms with Crippen molar-refractivity contribution < 1.29 is 23.7 Å². The molecular weight excluding hydrogens is 396 g/mol. The van der Waals surface area contributed by atoms with Crippen molar-refractivity contribution in [2.75, 3.05) is 40.6 Å². The number of rotatable bonds is 8. The number of nitrogens with zero attached hydrogens (tertiary/aromatic N) is 1. The molecule has 2 aromatic rings. The Morgan fingerprint density at radius 2 is 1.74 bits per heavy atom. The van der Waals surface area contributed by atoms with E-state index in [2.05, 4.69) is 22.3 Å². The van der Waals surface area contributed by atoms with Crippen LogP contribution in [0.15, 0.2) is 36.4 Å². The monoisotopic (exact) mass is 426 g/mol. The summed E-state index contributed by atoms with van der Waals surface area (Å²) < 4.78 is 21.4. The van der Waals surface area contributed by atoms with Gasteiger partial charge in [-0.15, -0.1) is 0 Å². The molecule has 1 saturated heterocycles. The van der Waals surface area contributed by atoms with Gasteiger partial charge in [-0.05, 0) is 67.7 Å². The topological polar surface area (TPSA) is 69.3 Å². The number of benzene rings is 2. The van der Waals surface area contributed by atoms with E-state index in [0.29, 0.717) is 24.8 Å². The Labute approximate surface area is 183 Å². The van der Waals surface area contributed by atoms with Crippen molar-refractivity contribution in [1.29, 1.82) is 0 Å². The largest absolute Gasteiger partial charge is 0.493 e. The van der Waals surface area contributed by atoms with E-state index >= 15 is 0 Å². The van der Waals surface area contributed by atoms with Crippen molar-refractivity contribution in [3.63, 3.8) is 0 Å². The normalized spacial score (nSPS) is 16.2. The average Bonchev–Trinajstić information content (AvgIpc) is 3.27. The predicted molar refractivity (Wildman–Crippen MR) is 117 cm³/mol. The summed E-state index contributed by atoms with van der Waals surface area (Å²) in [6, 6.07) is 12.0. The van der Waals surface area contributed by atoms with Crippen LogP contribution in [0.3, 0.4) is 0 Å². The summed E-state index contributed by atoms with van der Waals surface area (Å²) in [5, 5.41) is 3.10. The molecule has 0 atom stereocenters. The van der Waals surface area contributed by atoms with Gasteiger partial charge in [0, 0.05) is 19.0 Å². The van der Waals surface area contributed by atoms with Gasteiger partial charge in [0.05, 0.1) is 14.2 Å². The summed E-state index contributed by atoms with van der Waals surface area (Å²) in [5.41, 5.74) is 2.32. The van der Waals surface area contributed by atoms with Gasteiger partial charge in [-0.3, -0.25) is 9.69 Å². The summed E-state index contributed by atoms with van der Waals surface area (Å²) >= 11 is 0. The maximum atomic E-state index is 12.6. The van der Waals surface area contributed by atoms with Crippen LogP contribution >= 0.6 is 0 Å². The first-order valence-electron chi connectivity index (χ1n) is 10.8. The lowest BCUT2D eigenvalue weighted by Crippen LogP contribution is -2.40. The maximum absolute atomic E-state index is 12.6. The fourth-order valence-electron chi connectivity index (χ4n) is 4.16. The number of amides is 1. The molecule has 2 aliphatic rings. The molecule has 2 aromatic carbocycles.